The van der Waals surface area contributed by atoms with Crippen LogP contribution in [0.5, 0.6) is 0 Å². The molecule has 0 aromatic carbocycles. The van der Waals surface area contributed by atoms with Crippen LogP contribution in [0.1, 0.15) is 31.5 Å². The van der Waals surface area contributed by atoms with Crippen molar-refractivity contribution in [3.05, 3.63) is 5.82 Å². The Morgan fingerprint density at radius 2 is 2.12 bits per heavy atom. The Morgan fingerprint density at radius 1 is 1.31 bits per heavy atom. The monoisotopic (exact) mass is 238 g/mol. The van der Waals surface area contributed by atoms with Crippen LogP contribution in [-0.4, -0.2) is 38.9 Å². The molecule has 88 valence electrons. The minimum absolute atomic E-state index is 0.578. The highest BCUT2D eigenvalue weighted by molar-refractivity contribution is 7.99. The van der Waals surface area contributed by atoms with Crippen molar-refractivity contribution in [1.29, 1.82) is 0 Å². The molecule has 4 nitrogen and oxygen atoms in total. The molecular weight excluding hydrogens is 220 g/mol. The number of rotatable bonds is 2. The third kappa shape index (κ3) is 1.71. The lowest BCUT2D eigenvalue weighted by Crippen LogP contribution is -2.41. The first-order valence-electron chi connectivity index (χ1n) is 6.01. The summed E-state index contributed by atoms with van der Waals surface area (Å²) in [5, 5.41) is 8.73. The van der Waals surface area contributed by atoms with Gasteiger partial charge in [0.2, 0.25) is 5.95 Å². The van der Waals surface area contributed by atoms with E-state index < -0.39 is 0 Å². The third-order valence-corrected chi connectivity index (χ3v) is 4.64. The summed E-state index contributed by atoms with van der Waals surface area (Å²) < 4.78 is 2.20. The van der Waals surface area contributed by atoms with Crippen molar-refractivity contribution in [2.75, 3.05) is 23.0 Å². The molecule has 2 heterocycles. The summed E-state index contributed by atoms with van der Waals surface area (Å²) in [7, 11) is 2.11. The van der Waals surface area contributed by atoms with E-state index in [1.54, 1.807) is 0 Å². The molecule has 0 spiro atoms. The molecule has 1 unspecified atom stereocenters. The van der Waals surface area contributed by atoms with Gasteiger partial charge in [-0.25, -0.2) is 0 Å². The minimum Gasteiger partial charge on any atom is -0.337 e. The number of hydrogen-bond donors (Lipinski definition) is 0. The molecule has 0 N–H and O–H groups in total. The molecular formula is C11H18N4S. The van der Waals surface area contributed by atoms with Crippen LogP contribution in [-0.2, 0) is 7.05 Å². The maximum atomic E-state index is 4.38. The second kappa shape index (κ2) is 3.95. The minimum atomic E-state index is 0.578. The van der Waals surface area contributed by atoms with Gasteiger partial charge in [0.25, 0.3) is 0 Å². The average Bonchev–Trinajstić information content (AvgIpc) is 3.05. The van der Waals surface area contributed by atoms with Gasteiger partial charge in [0.1, 0.15) is 5.82 Å². The highest BCUT2D eigenvalue weighted by atomic mass is 32.2. The van der Waals surface area contributed by atoms with E-state index in [2.05, 4.69) is 33.6 Å². The van der Waals surface area contributed by atoms with Gasteiger partial charge in [0.05, 0.1) is 0 Å². The molecule has 0 radical (unpaired) electrons. The van der Waals surface area contributed by atoms with Crippen LogP contribution >= 0.6 is 11.8 Å². The summed E-state index contributed by atoms with van der Waals surface area (Å²) in [6, 6.07) is 0.578. The van der Waals surface area contributed by atoms with E-state index in [4.69, 9.17) is 0 Å². The van der Waals surface area contributed by atoms with Gasteiger partial charge < -0.3 is 9.47 Å². The van der Waals surface area contributed by atoms with Gasteiger partial charge in [-0.15, -0.1) is 10.2 Å². The number of aromatic nitrogens is 3. The van der Waals surface area contributed by atoms with Gasteiger partial charge in [0, 0.05) is 37.1 Å². The Labute approximate surface area is 100 Å². The van der Waals surface area contributed by atoms with Crippen molar-refractivity contribution in [3.8, 4) is 0 Å². The predicted molar refractivity (Wildman–Crippen MR) is 67.1 cm³/mol. The van der Waals surface area contributed by atoms with Gasteiger partial charge >= 0.3 is 0 Å². The summed E-state index contributed by atoms with van der Waals surface area (Å²) in [5.41, 5.74) is 0. The number of hydrogen-bond acceptors (Lipinski definition) is 4. The zero-order chi connectivity index (χ0) is 11.1. The van der Waals surface area contributed by atoms with Gasteiger partial charge in [-0.3, -0.25) is 0 Å². The van der Waals surface area contributed by atoms with Crippen LogP contribution in [0.3, 0.4) is 0 Å². The fraction of sp³-hybridized carbons (Fsp3) is 0.818. The van der Waals surface area contributed by atoms with E-state index >= 15 is 0 Å². The predicted octanol–water partition coefficient (Wildman–Crippen LogP) is 1.63. The smallest absolute Gasteiger partial charge is 0.227 e. The zero-order valence-corrected chi connectivity index (χ0v) is 10.7. The maximum absolute atomic E-state index is 4.38. The Morgan fingerprint density at radius 3 is 2.81 bits per heavy atom. The van der Waals surface area contributed by atoms with E-state index in [0.717, 1.165) is 12.5 Å². The SMILES string of the molecule is CC1CSCCN1c1nnc(C2CC2)n1C. The molecule has 0 amide bonds. The fourth-order valence-electron chi connectivity index (χ4n) is 2.30. The first-order chi connectivity index (χ1) is 7.77. The summed E-state index contributed by atoms with van der Waals surface area (Å²) in [6.45, 7) is 3.38. The Kier molecular flexibility index (Phi) is 2.58. The van der Waals surface area contributed by atoms with Gasteiger partial charge in [0.15, 0.2) is 0 Å². The van der Waals surface area contributed by atoms with Crippen molar-refractivity contribution in [2.45, 2.75) is 31.7 Å². The first kappa shape index (κ1) is 10.4. The van der Waals surface area contributed by atoms with Crippen LogP contribution in [0, 0.1) is 0 Å². The number of anilines is 1. The van der Waals surface area contributed by atoms with E-state index in [1.165, 1.54) is 30.2 Å². The molecule has 1 aliphatic carbocycles. The van der Waals surface area contributed by atoms with Crippen molar-refractivity contribution < 1.29 is 0 Å². The maximum Gasteiger partial charge on any atom is 0.227 e. The molecule has 1 saturated heterocycles. The van der Waals surface area contributed by atoms with Crippen LogP contribution in [0.15, 0.2) is 0 Å². The standard InChI is InChI=1S/C11H18N4S/c1-8-7-16-6-5-15(8)11-13-12-10(14(11)2)9-3-4-9/h8-9H,3-7H2,1-2H3. The second-order valence-electron chi connectivity index (χ2n) is 4.81. The number of thioether (sulfide) groups is 1. The highest BCUT2D eigenvalue weighted by Crippen LogP contribution is 2.39. The summed E-state index contributed by atoms with van der Waals surface area (Å²) in [4.78, 5) is 2.40. The van der Waals surface area contributed by atoms with Crippen molar-refractivity contribution in [2.24, 2.45) is 7.05 Å². The topological polar surface area (TPSA) is 34.0 Å². The van der Waals surface area contributed by atoms with E-state index in [0.29, 0.717) is 12.0 Å². The van der Waals surface area contributed by atoms with Crippen LogP contribution in [0.2, 0.25) is 0 Å². The first-order valence-corrected chi connectivity index (χ1v) is 7.16. The normalized spacial score (nSPS) is 26.1. The molecule has 3 rings (SSSR count). The van der Waals surface area contributed by atoms with E-state index in [-0.39, 0.29) is 0 Å². The van der Waals surface area contributed by atoms with Crippen molar-refractivity contribution >= 4 is 17.7 Å². The second-order valence-corrected chi connectivity index (χ2v) is 5.96. The summed E-state index contributed by atoms with van der Waals surface area (Å²) >= 11 is 2.03. The molecule has 1 aromatic rings. The lowest BCUT2D eigenvalue weighted by Gasteiger charge is -2.33. The van der Waals surface area contributed by atoms with Crippen molar-refractivity contribution in [1.82, 2.24) is 14.8 Å². The Balaban J connectivity index is 1.87. The van der Waals surface area contributed by atoms with Crippen LogP contribution in [0.4, 0.5) is 5.95 Å². The molecule has 1 aliphatic heterocycles. The number of nitrogens with zero attached hydrogens (tertiary/aromatic N) is 4. The molecule has 16 heavy (non-hydrogen) atoms. The summed E-state index contributed by atoms with van der Waals surface area (Å²) in [6.07, 6.45) is 2.58. The van der Waals surface area contributed by atoms with E-state index in [9.17, 15) is 0 Å². The lowest BCUT2D eigenvalue weighted by molar-refractivity contribution is 0.654. The zero-order valence-electron chi connectivity index (χ0n) is 9.89. The summed E-state index contributed by atoms with van der Waals surface area (Å²) in [5.74, 6) is 5.33. The van der Waals surface area contributed by atoms with Crippen LogP contribution < -0.4 is 4.90 Å². The molecule has 1 saturated carbocycles. The largest absolute Gasteiger partial charge is 0.337 e. The molecule has 5 heteroatoms. The molecule has 1 aromatic heterocycles. The van der Waals surface area contributed by atoms with Crippen LogP contribution in [0.25, 0.3) is 0 Å². The van der Waals surface area contributed by atoms with Gasteiger partial charge in [-0.1, -0.05) is 0 Å². The molecule has 2 aliphatic rings. The van der Waals surface area contributed by atoms with E-state index in [1.807, 2.05) is 11.8 Å². The molecule has 1 atom stereocenters. The van der Waals surface area contributed by atoms with Crippen molar-refractivity contribution in [3.63, 3.8) is 0 Å². The van der Waals surface area contributed by atoms with Gasteiger partial charge in [-0.05, 0) is 19.8 Å². The average molecular weight is 238 g/mol. The Hall–Kier alpha value is -0.710. The van der Waals surface area contributed by atoms with Gasteiger partial charge in [-0.2, -0.15) is 11.8 Å². The quantitative estimate of drug-likeness (QED) is 0.784. The highest BCUT2D eigenvalue weighted by Gasteiger charge is 2.31. The third-order valence-electron chi connectivity index (χ3n) is 3.45. The fourth-order valence-corrected chi connectivity index (χ4v) is 3.32. The Bertz CT molecular complexity index is 385. The lowest BCUT2D eigenvalue weighted by atomic mass is 10.3. The molecule has 0 bridgehead atoms. The molecule has 2 fully saturated rings.